The number of anilines is 1. The molecule has 2 aromatic heterocycles. The number of nitrogens with zero attached hydrogens (tertiary/aromatic N) is 5. The van der Waals surface area contributed by atoms with Gasteiger partial charge in [-0.15, -0.1) is 0 Å². The zero-order chi connectivity index (χ0) is 26.3. The molecule has 2 aliphatic rings. The zero-order valence-electron chi connectivity index (χ0n) is 21.1. The van der Waals surface area contributed by atoms with Crippen LogP contribution in [0.1, 0.15) is 67.6 Å². The summed E-state index contributed by atoms with van der Waals surface area (Å²) in [5, 5.41) is 13.7. The van der Waals surface area contributed by atoms with E-state index in [0.29, 0.717) is 53.6 Å². The average molecular weight is 511 g/mol. The van der Waals surface area contributed by atoms with Gasteiger partial charge in [0.15, 0.2) is 5.65 Å². The molecule has 5 rings (SSSR count). The Morgan fingerprint density at radius 3 is 2.65 bits per heavy atom. The van der Waals surface area contributed by atoms with Crippen molar-refractivity contribution in [1.29, 1.82) is 5.26 Å². The lowest BCUT2D eigenvalue weighted by atomic mass is 9.97. The Kier molecular flexibility index (Phi) is 6.67. The smallest absolute Gasteiger partial charge is 0.266 e. The van der Waals surface area contributed by atoms with Gasteiger partial charge in [-0.3, -0.25) is 0 Å². The summed E-state index contributed by atoms with van der Waals surface area (Å²) >= 11 is 0. The van der Waals surface area contributed by atoms with Gasteiger partial charge in [-0.05, 0) is 59.2 Å². The average Bonchev–Trinajstić information content (AvgIpc) is 3.56. The summed E-state index contributed by atoms with van der Waals surface area (Å²) in [6.45, 7) is 4.89. The van der Waals surface area contributed by atoms with E-state index in [4.69, 9.17) is 9.72 Å². The standard InChI is InChI=1S/C27H29F3N6O/c1-15(18-7-4-8-19(22(18)28)23(29)30)32-24-20-12-21(27(14-31)9-10-27)26(35-25(20)34-16(2)33-24)37-13-17-6-5-11-36(17)3/h4,7-8,12,15,17,23H,5-6,9-11,13H2,1-3H3,(H,32,33,34,35)/t15-,17?/m1/s1. The van der Waals surface area contributed by atoms with Gasteiger partial charge in [0.1, 0.15) is 24.1 Å². The lowest BCUT2D eigenvalue weighted by Crippen LogP contribution is -2.31. The molecule has 0 spiro atoms. The number of pyridine rings is 1. The number of hydrogen-bond acceptors (Lipinski definition) is 7. The molecule has 3 heterocycles. The summed E-state index contributed by atoms with van der Waals surface area (Å²) in [5.41, 5.74) is -0.137. The predicted octanol–water partition coefficient (Wildman–Crippen LogP) is 5.61. The molecular formula is C27H29F3N6O. The number of likely N-dealkylation sites (tertiary alicyclic amines) is 1. The minimum atomic E-state index is -2.91. The first kappa shape index (κ1) is 25.2. The van der Waals surface area contributed by atoms with Gasteiger partial charge in [-0.2, -0.15) is 10.2 Å². The number of likely N-dealkylation sites (N-methyl/N-ethyl adjacent to an activating group) is 1. The third-order valence-corrected chi connectivity index (χ3v) is 7.44. The normalized spacial score (nSPS) is 19.7. The highest BCUT2D eigenvalue weighted by Crippen LogP contribution is 2.51. The number of nitriles is 1. The van der Waals surface area contributed by atoms with Crippen molar-refractivity contribution in [2.45, 2.75) is 63.5 Å². The van der Waals surface area contributed by atoms with Crippen LogP contribution >= 0.6 is 0 Å². The van der Waals surface area contributed by atoms with Crippen LogP contribution < -0.4 is 10.1 Å². The zero-order valence-corrected chi connectivity index (χ0v) is 21.1. The second-order valence-corrected chi connectivity index (χ2v) is 10.0. The van der Waals surface area contributed by atoms with E-state index in [9.17, 15) is 18.4 Å². The molecule has 194 valence electrons. The second-order valence-electron chi connectivity index (χ2n) is 10.0. The number of halogens is 3. The number of nitrogens with one attached hydrogen (secondary N) is 1. The third-order valence-electron chi connectivity index (χ3n) is 7.44. The second kappa shape index (κ2) is 9.78. The van der Waals surface area contributed by atoms with Crippen molar-refractivity contribution in [1.82, 2.24) is 19.9 Å². The van der Waals surface area contributed by atoms with Crippen LogP contribution in [0.5, 0.6) is 5.88 Å². The van der Waals surface area contributed by atoms with Gasteiger partial charge in [-0.1, -0.05) is 18.2 Å². The number of ether oxygens (including phenoxy) is 1. The molecule has 3 aromatic rings. The van der Waals surface area contributed by atoms with Crippen molar-refractivity contribution < 1.29 is 17.9 Å². The highest BCUT2D eigenvalue weighted by atomic mass is 19.3. The van der Waals surface area contributed by atoms with E-state index >= 15 is 0 Å². The molecule has 1 aliphatic heterocycles. The van der Waals surface area contributed by atoms with E-state index in [1.807, 2.05) is 6.07 Å². The van der Waals surface area contributed by atoms with Gasteiger partial charge in [0.2, 0.25) is 5.88 Å². The van der Waals surface area contributed by atoms with Crippen molar-refractivity contribution >= 4 is 16.9 Å². The van der Waals surface area contributed by atoms with Gasteiger partial charge in [0.25, 0.3) is 6.43 Å². The fraction of sp³-hybridized carbons (Fsp3) is 0.481. The van der Waals surface area contributed by atoms with Gasteiger partial charge >= 0.3 is 0 Å². The molecule has 0 bridgehead atoms. The van der Waals surface area contributed by atoms with Crippen molar-refractivity contribution in [2.24, 2.45) is 0 Å². The van der Waals surface area contributed by atoms with Crippen LogP contribution in [0.25, 0.3) is 11.0 Å². The van der Waals surface area contributed by atoms with Crippen molar-refractivity contribution in [2.75, 3.05) is 25.5 Å². The Bertz CT molecular complexity index is 1370. The van der Waals surface area contributed by atoms with Crippen LogP contribution in [0, 0.1) is 24.1 Å². The van der Waals surface area contributed by atoms with Crippen LogP contribution in [0.2, 0.25) is 0 Å². The number of rotatable bonds is 8. The van der Waals surface area contributed by atoms with Crippen molar-refractivity contribution in [3.05, 3.63) is 52.6 Å². The minimum Gasteiger partial charge on any atom is -0.476 e. The molecule has 2 fully saturated rings. The van der Waals surface area contributed by atoms with Crippen molar-refractivity contribution in [3.8, 4) is 11.9 Å². The molecular weight excluding hydrogens is 481 g/mol. The molecule has 1 aromatic carbocycles. The van der Waals surface area contributed by atoms with Gasteiger partial charge in [-0.25, -0.2) is 23.1 Å². The van der Waals surface area contributed by atoms with Gasteiger partial charge in [0, 0.05) is 17.2 Å². The molecule has 7 nitrogen and oxygen atoms in total. The van der Waals surface area contributed by atoms with E-state index < -0.39 is 29.3 Å². The molecule has 10 heteroatoms. The summed E-state index contributed by atoms with van der Waals surface area (Å²) in [7, 11) is 2.07. The summed E-state index contributed by atoms with van der Waals surface area (Å²) in [6, 6.07) is 7.84. The van der Waals surface area contributed by atoms with Crippen LogP contribution in [0.15, 0.2) is 24.3 Å². The van der Waals surface area contributed by atoms with Crippen LogP contribution in [-0.2, 0) is 5.41 Å². The molecule has 1 aliphatic carbocycles. The Balaban J connectivity index is 1.53. The fourth-order valence-corrected chi connectivity index (χ4v) is 5.00. The molecule has 1 N–H and O–H groups in total. The minimum absolute atomic E-state index is 0.103. The lowest BCUT2D eigenvalue weighted by Gasteiger charge is -2.22. The molecule has 1 saturated carbocycles. The first-order valence-electron chi connectivity index (χ1n) is 12.5. The largest absolute Gasteiger partial charge is 0.476 e. The maximum absolute atomic E-state index is 14.8. The van der Waals surface area contributed by atoms with Crippen LogP contribution in [-0.4, -0.2) is 46.1 Å². The SMILES string of the molecule is Cc1nc(N[C@H](C)c2cccc(C(F)F)c2F)c2cc(C3(C#N)CC3)c(OCC3CCCN3C)nc2n1. The highest BCUT2D eigenvalue weighted by Gasteiger charge is 2.48. The number of benzene rings is 1. The number of hydrogen-bond donors (Lipinski definition) is 1. The topological polar surface area (TPSA) is 87.0 Å². The summed E-state index contributed by atoms with van der Waals surface area (Å²) in [6.07, 6.45) is 0.649. The highest BCUT2D eigenvalue weighted by molar-refractivity contribution is 5.88. The number of fused-ring (bicyclic) bond motifs is 1. The molecule has 1 unspecified atom stereocenters. The summed E-state index contributed by atoms with van der Waals surface area (Å²) in [5.74, 6) is 0.286. The Morgan fingerprint density at radius 1 is 1.24 bits per heavy atom. The van der Waals surface area contributed by atoms with Gasteiger partial charge in [0.05, 0.1) is 28.5 Å². The maximum atomic E-state index is 14.8. The maximum Gasteiger partial charge on any atom is 0.266 e. The summed E-state index contributed by atoms with van der Waals surface area (Å²) < 4.78 is 47.5. The third kappa shape index (κ3) is 4.80. The molecule has 1 saturated heterocycles. The Hall–Kier alpha value is -3.45. The van der Waals surface area contributed by atoms with Crippen LogP contribution in [0.3, 0.4) is 0 Å². The van der Waals surface area contributed by atoms with Crippen LogP contribution in [0.4, 0.5) is 19.0 Å². The van der Waals surface area contributed by atoms with E-state index in [-0.39, 0.29) is 11.6 Å². The molecule has 37 heavy (non-hydrogen) atoms. The van der Waals surface area contributed by atoms with E-state index in [1.54, 1.807) is 13.8 Å². The molecule has 0 radical (unpaired) electrons. The monoisotopic (exact) mass is 510 g/mol. The van der Waals surface area contributed by atoms with Crippen molar-refractivity contribution in [3.63, 3.8) is 0 Å². The van der Waals surface area contributed by atoms with Gasteiger partial charge < -0.3 is 15.0 Å². The van der Waals surface area contributed by atoms with E-state index in [2.05, 4.69) is 33.3 Å². The Morgan fingerprint density at radius 2 is 2.00 bits per heavy atom. The lowest BCUT2D eigenvalue weighted by molar-refractivity contribution is 0.146. The number of aromatic nitrogens is 3. The molecule has 0 amide bonds. The number of alkyl halides is 2. The van der Waals surface area contributed by atoms with E-state index in [0.717, 1.165) is 25.5 Å². The Labute approximate surface area is 213 Å². The first-order chi connectivity index (χ1) is 17.7. The quantitative estimate of drug-likeness (QED) is 0.421. The fourth-order valence-electron chi connectivity index (χ4n) is 5.00. The van der Waals surface area contributed by atoms with E-state index in [1.165, 1.54) is 12.1 Å². The first-order valence-corrected chi connectivity index (χ1v) is 12.5. The number of aryl methyl sites for hydroxylation is 1. The predicted molar refractivity (Wildman–Crippen MR) is 133 cm³/mol. The summed E-state index contributed by atoms with van der Waals surface area (Å²) in [4.78, 5) is 16.0. The molecule has 2 atom stereocenters.